The summed E-state index contributed by atoms with van der Waals surface area (Å²) < 4.78 is 1.70. The van der Waals surface area contributed by atoms with Gasteiger partial charge < -0.3 is 5.32 Å². The Balaban J connectivity index is 1.98. The van der Waals surface area contributed by atoms with Crippen molar-refractivity contribution in [2.24, 2.45) is 0 Å². The third-order valence-corrected chi connectivity index (χ3v) is 3.73. The quantitative estimate of drug-likeness (QED) is 0.789. The number of hydrogen-bond acceptors (Lipinski definition) is 3. The standard InChI is InChI=1S/C17H18N4O/c1-10-5-6-11(2)15(7-10)19-17(22)14-9-18-16-8-12(3)20-21(16)13(14)4/h5-9H,1-4H3,(H,19,22). The molecule has 2 aromatic heterocycles. The summed E-state index contributed by atoms with van der Waals surface area (Å²) in [4.78, 5) is 16.9. The molecule has 22 heavy (non-hydrogen) atoms. The lowest BCUT2D eigenvalue weighted by Gasteiger charge is -2.11. The first kappa shape index (κ1) is 14.3. The van der Waals surface area contributed by atoms with Gasteiger partial charge in [0, 0.05) is 18.0 Å². The monoisotopic (exact) mass is 294 g/mol. The van der Waals surface area contributed by atoms with Gasteiger partial charge in [-0.3, -0.25) is 4.79 Å². The Morgan fingerprint density at radius 1 is 1.14 bits per heavy atom. The van der Waals surface area contributed by atoms with Gasteiger partial charge in [0.2, 0.25) is 0 Å². The SMILES string of the molecule is Cc1ccc(C)c(NC(=O)c2cnc3cc(C)nn3c2C)c1. The zero-order valence-corrected chi connectivity index (χ0v) is 13.1. The maximum Gasteiger partial charge on any atom is 0.259 e. The van der Waals surface area contributed by atoms with Gasteiger partial charge in [-0.2, -0.15) is 5.10 Å². The second-order valence-corrected chi connectivity index (χ2v) is 5.59. The lowest BCUT2D eigenvalue weighted by Crippen LogP contribution is -2.16. The van der Waals surface area contributed by atoms with Crippen LogP contribution in [0.5, 0.6) is 0 Å². The van der Waals surface area contributed by atoms with E-state index in [0.717, 1.165) is 33.8 Å². The minimum atomic E-state index is -0.172. The maximum atomic E-state index is 12.6. The third-order valence-electron chi connectivity index (χ3n) is 3.73. The van der Waals surface area contributed by atoms with Gasteiger partial charge in [-0.25, -0.2) is 9.50 Å². The van der Waals surface area contributed by atoms with Crippen LogP contribution >= 0.6 is 0 Å². The lowest BCUT2D eigenvalue weighted by molar-refractivity contribution is 0.102. The molecule has 0 spiro atoms. The Hall–Kier alpha value is -2.69. The van der Waals surface area contributed by atoms with E-state index in [2.05, 4.69) is 15.4 Å². The van der Waals surface area contributed by atoms with E-state index in [-0.39, 0.29) is 5.91 Å². The molecule has 0 radical (unpaired) electrons. The van der Waals surface area contributed by atoms with Gasteiger partial charge in [0.15, 0.2) is 5.65 Å². The van der Waals surface area contributed by atoms with E-state index in [0.29, 0.717) is 5.56 Å². The van der Waals surface area contributed by atoms with Crippen LogP contribution < -0.4 is 5.32 Å². The van der Waals surface area contributed by atoms with E-state index in [1.165, 1.54) is 0 Å². The summed E-state index contributed by atoms with van der Waals surface area (Å²) in [5, 5.41) is 7.33. The summed E-state index contributed by atoms with van der Waals surface area (Å²) in [5.74, 6) is -0.172. The van der Waals surface area contributed by atoms with Crippen LogP contribution in [-0.4, -0.2) is 20.5 Å². The Morgan fingerprint density at radius 3 is 2.68 bits per heavy atom. The Morgan fingerprint density at radius 2 is 1.91 bits per heavy atom. The fourth-order valence-corrected chi connectivity index (χ4v) is 2.45. The number of hydrogen-bond donors (Lipinski definition) is 1. The second kappa shape index (κ2) is 5.26. The molecular weight excluding hydrogens is 276 g/mol. The summed E-state index contributed by atoms with van der Waals surface area (Å²) >= 11 is 0. The number of nitrogens with zero attached hydrogens (tertiary/aromatic N) is 3. The molecule has 1 aromatic carbocycles. The number of fused-ring (bicyclic) bond motifs is 1. The van der Waals surface area contributed by atoms with Crippen LogP contribution in [0.4, 0.5) is 5.69 Å². The molecule has 0 atom stereocenters. The number of aryl methyl sites for hydroxylation is 4. The summed E-state index contributed by atoms with van der Waals surface area (Å²) in [6, 6.07) is 7.87. The number of aromatic nitrogens is 3. The van der Waals surface area contributed by atoms with E-state index in [1.54, 1.807) is 10.7 Å². The largest absolute Gasteiger partial charge is 0.322 e. The number of benzene rings is 1. The number of rotatable bonds is 2. The highest BCUT2D eigenvalue weighted by atomic mass is 16.1. The van der Waals surface area contributed by atoms with Crippen molar-refractivity contribution in [2.75, 3.05) is 5.32 Å². The van der Waals surface area contributed by atoms with Gasteiger partial charge in [0.05, 0.1) is 17.0 Å². The molecule has 0 aliphatic heterocycles. The first-order valence-corrected chi connectivity index (χ1v) is 7.16. The highest BCUT2D eigenvalue weighted by Gasteiger charge is 2.14. The van der Waals surface area contributed by atoms with E-state index in [4.69, 9.17) is 0 Å². The molecule has 0 saturated heterocycles. The van der Waals surface area contributed by atoms with Gasteiger partial charge in [0.1, 0.15) is 0 Å². The van der Waals surface area contributed by atoms with Crippen molar-refractivity contribution >= 4 is 17.2 Å². The molecule has 0 saturated carbocycles. The van der Waals surface area contributed by atoms with Crippen molar-refractivity contribution in [2.45, 2.75) is 27.7 Å². The molecule has 0 bridgehead atoms. The van der Waals surface area contributed by atoms with Crippen molar-refractivity contribution in [1.82, 2.24) is 14.6 Å². The Kier molecular flexibility index (Phi) is 3.41. The Labute approximate surface area is 129 Å². The van der Waals surface area contributed by atoms with Crippen LogP contribution in [0.15, 0.2) is 30.5 Å². The smallest absolute Gasteiger partial charge is 0.259 e. The molecule has 0 aliphatic carbocycles. The van der Waals surface area contributed by atoms with Crippen LogP contribution in [-0.2, 0) is 0 Å². The molecule has 3 rings (SSSR count). The average Bonchev–Trinajstić information content (AvgIpc) is 2.84. The van der Waals surface area contributed by atoms with Crippen molar-refractivity contribution < 1.29 is 4.79 Å². The number of anilines is 1. The first-order chi connectivity index (χ1) is 10.5. The van der Waals surface area contributed by atoms with Gasteiger partial charge in [0.25, 0.3) is 5.91 Å². The molecule has 3 aromatic rings. The van der Waals surface area contributed by atoms with Crippen LogP contribution in [0.2, 0.25) is 0 Å². The van der Waals surface area contributed by atoms with E-state index in [1.807, 2.05) is 52.0 Å². The maximum absolute atomic E-state index is 12.6. The van der Waals surface area contributed by atoms with Gasteiger partial charge >= 0.3 is 0 Å². The average molecular weight is 294 g/mol. The van der Waals surface area contributed by atoms with E-state index < -0.39 is 0 Å². The lowest BCUT2D eigenvalue weighted by atomic mass is 10.1. The van der Waals surface area contributed by atoms with Crippen LogP contribution in [0.25, 0.3) is 5.65 Å². The Bertz CT molecular complexity index is 880. The van der Waals surface area contributed by atoms with Crippen molar-refractivity contribution in [1.29, 1.82) is 0 Å². The molecule has 1 N–H and O–H groups in total. The highest BCUT2D eigenvalue weighted by molar-refractivity contribution is 6.05. The number of carbonyl (C=O) groups excluding carboxylic acids is 1. The first-order valence-electron chi connectivity index (χ1n) is 7.16. The van der Waals surface area contributed by atoms with Gasteiger partial charge in [-0.15, -0.1) is 0 Å². The molecule has 2 heterocycles. The van der Waals surface area contributed by atoms with Crippen LogP contribution in [0, 0.1) is 27.7 Å². The second-order valence-electron chi connectivity index (χ2n) is 5.59. The zero-order chi connectivity index (χ0) is 15.9. The van der Waals surface area contributed by atoms with Crippen molar-refractivity contribution in [3.05, 3.63) is 58.5 Å². The molecule has 112 valence electrons. The molecule has 0 fully saturated rings. The minimum Gasteiger partial charge on any atom is -0.322 e. The summed E-state index contributed by atoms with van der Waals surface area (Å²) in [6.07, 6.45) is 1.60. The number of amides is 1. The molecule has 0 unspecified atom stereocenters. The topological polar surface area (TPSA) is 59.3 Å². The van der Waals surface area contributed by atoms with Gasteiger partial charge in [-0.1, -0.05) is 12.1 Å². The predicted molar refractivity (Wildman–Crippen MR) is 86.3 cm³/mol. The molecule has 5 nitrogen and oxygen atoms in total. The summed E-state index contributed by atoms with van der Waals surface area (Å²) in [5.41, 5.74) is 5.88. The highest BCUT2D eigenvalue weighted by Crippen LogP contribution is 2.18. The summed E-state index contributed by atoms with van der Waals surface area (Å²) in [6.45, 7) is 7.75. The predicted octanol–water partition coefficient (Wildman–Crippen LogP) is 3.22. The fraction of sp³-hybridized carbons (Fsp3) is 0.235. The minimum absolute atomic E-state index is 0.172. The third kappa shape index (κ3) is 2.45. The molecule has 0 aliphatic rings. The van der Waals surface area contributed by atoms with Gasteiger partial charge in [-0.05, 0) is 44.9 Å². The van der Waals surface area contributed by atoms with Crippen LogP contribution in [0.3, 0.4) is 0 Å². The van der Waals surface area contributed by atoms with E-state index >= 15 is 0 Å². The van der Waals surface area contributed by atoms with E-state index in [9.17, 15) is 4.79 Å². The number of carbonyl (C=O) groups is 1. The molecular formula is C17H18N4O. The van der Waals surface area contributed by atoms with Crippen molar-refractivity contribution in [3.63, 3.8) is 0 Å². The fourth-order valence-electron chi connectivity index (χ4n) is 2.45. The number of nitrogens with one attached hydrogen (secondary N) is 1. The molecule has 1 amide bonds. The zero-order valence-electron chi connectivity index (χ0n) is 13.1. The molecule has 5 heteroatoms. The normalized spacial score (nSPS) is 10.9. The van der Waals surface area contributed by atoms with Crippen LogP contribution in [0.1, 0.15) is 32.9 Å². The van der Waals surface area contributed by atoms with Crippen molar-refractivity contribution in [3.8, 4) is 0 Å². The summed E-state index contributed by atoms with van der Waals surface area (Å²) in [7, 11) is 0.